The molecule has 9 heteroatoms. The second-order valence-corrected chi connectivity index (χ2v) is 11.8. The number of rotatable bonds is 5. The third-order valence-electron chi connectivity index (χ3n) is 6.68. The predicted molar refractivity (Wildman–Crippen MR) is 115 cm³/mol. The molecular formula is C20H32N4O3S2. The van der Waals surface area contributed by atoms with E-state index in [0.717, 1.165) is 38.9 Å². The average molecular weight is 441 g/mol. The normalized spacial score (nSPS) is 29.0. The van der Waals surface area contributed by atoms with Crippen LogP contribution in [0.4, 0.5) is 4.79 Å². The van der Waals surface area contributed by atoms with Crippen LogP contribution in [0.3, 0.4) is 0 Å². The van der Waals surface area contributed by atoms with E-state index in [1.54, 1.807) is 11.3 Å². The zero-order chi connectivity index (χ0) is 20.5. The van der Waals surface area contributed by atoms with Gasteiger partial charge >= 0.3 is 6.03 Å². The van der Waals surface area contributed by atoms with Gasteiger partial charge in [0.05, 0.1) is 6.26 Å². The molecule has 3 fully saturated rings. The molecule has 1 aromatic heterocycles. The summed E-state index contributed by atoms with van der Waals surface area (Å²) in [6.45, 7) is 3.83. The Labute approximate surface area is 177 Å². The van der Waals surface area contributed by atoms with E-state index in [1.165, 1.54) is 24.0 Å². The van der Waals surface area contributed by atoms with Crippen LogP contribution >= 0.6 is 11.3 Å². The van der Waals surface area contributed by atoms with Gasteiger partial charge in [0.15, 0.2) is 0 Å². The molecule has 1 saturated carbocycles. The van der Waals surface area contributed by atoms with Crippen LogP contribution in [-0.2, 0) is 16.6 Å². The van der Waals surface area contributed by atoms with Crippen molar-refractivity contribution >= 4 is 27.4 Å². The number of carbonyl (C=O) groups is 1. The standard InChI is InChI=1S/C20H32N4O3S2/c1-29(26,27)22-18-8-10-24(19(25)21-16-5-2-3-6-16)15-20(18)9-11-23(14-20)13-17-7-4-12-28-17/h4,7,12,16,18,22H,2-3,5-6,8-11,13-15H2,1H3,(H,21,25)/t18-,20-/m0/s1. The second kappa shape index (κ2) is 8.53. The molecule has 4 rings (SSSR count). The van der Waals surface area contributed by atoms with Gasteiger partial charge in [-0.1, -0.05) is 18.9 Å². The first-order valence-corrected chi connectivity index (χ1v) is 13.4. The Kier molecular flexibility index (Phi) is 6.20. The fraction of sp³-hybridized carbons (Fsp3) is 0.750. The maximum Gasteiger partial charge on any atom is 0.317 e. The fourth-order valence-electron chi connectivity index (χ4n) is 5.27. The van der Waals surface area contributed by atoms with Gasteiger partial charge < -0.3 is 10.2 Å². The van der Waals surface area contributed by atoms with Crippen molar-refractivity contribution in [2.45, 2.75) is 57.2 Å². The molecule has 29 heavy (non-hydrogen) atoms. The van der Waals surface area contributed by atoms with Crippen LogP contribution in [0.2, 0.25) is 0 Å². The maximum absolute atomic E-state index is 12.9. The number of piperidine rings is 1. The molecule has 0 unspecified atom stereocenters. The zero-order valence-electron chi connectivity index (χ0n) is 17.1. The number of sulfonamides is 1. The Bertz CT molecular complexity index is 808. The molecule has 1 aromatic rings. The van der Waals surface area contributed by atoms with Crippen molar-refractivity contribution in [3.63, 3.8) is 0 Å². The Morgan fingerprint density at radius 3 is 2.72 bits per heavy atom. The highest BCUT2D eigenvalue weighted by Gasteiger charge is 2.49. The summed E-state index contributed by atoms with van der Waals surface area (Å²) < 4.78 is 26.9. The fourth-order valence-corrected chi connectivity index (χ4v) is 6.90. The van der Waals surface area contributed by atoms with Gasteiger partial charge in [-0.3, -0.25) is 4.90 Å². The van der Waals surface area contributed by atoms with Gasteiger partial charge in [0, 0.05) is 48.6 Å². The van der Waals surface area contributed by atoms with E-state index in [4.69, 9.17) is 0 Å². The van der Waals surface area contributed by atoms with Gasteiger partial charge in [-0.05, 0) is 43.7 Å². The Morgan fingerprint density at radius 1 is 1.24 bits per heavy atom. The number of nitrogens with one attached hydrogen (secondary N) is 2. The third kappa shape index (κ3) is 5.13. The van der Waals surface area contributed by atoms with Crippen LogP contribution in [0.15, 0.2) is 17.5 Å². The molecule has 0 bridgehead atoms. The summed E-state index contributed by atoms with van der Waals surface area (Å²) in [6.07, 6.45) is 7.31. The van der Waals surface area contributed by atoms with Crippen molar-refractivity contribution in [1.82, 2.24) is 19.8 Å². The molecule has 162 valence electrons. The first-order valence-electron chi connectivity index (χ1n) is 10.6. The zero-order valence-corrected chi connectivity index (χ0v) is 18.7. The minimum absolute atomic E-state index is 0.0192. The molecule has 1 spiro atoms. The summed E-state index contributed by atoms with van der Waals surface area (Å²) in [7, 11) is -3.30. The second-order valence-electron chi connectivity index (χ2n) is 8.99. The van der Waals surface area contributed by atoms with Crippen molar-refractivity contribution in [2.75, 3.05) is 32.4 Å². The SMILES string of the molecule is CS(=O)(=O)N[C@H]1CCN(C(=O)NC2CCCC2)C[C@@]12CCN(Cc1cccs1)C2. The number of urea groups is 1. The van der Waals surface area contributed by atoms with Crippen LogP contribution in [0, 0.1) is 5.41 Å². The molecule has 1 aliphatic carbocycles. The average Bonchev–Trinajstić information content (AvgIpc) is 3.40. The van der Waals surface area contributed by atoms with Gasteiger partial charge in [0.25, 0.3) is 0 Å². The lowest BCUT2D eigenvalue weighted by Gasteiger charge is -2.46. The lowest BCUT2D eigenvalue weighted by atomic mass is 9.75. The van der Waals surface area contributed by atoms with Gasteiger partial charge in [0.2, 0.25) is 10.0 Å². The lowest BCUT2D eigenvalue weighted by Crippen LogP contribution is -2.61. The molecule has 0 aromatic carbocycles. The molecular weight excluding hydrogens is 408 g/mol. The molecule has 0 radical (unpaired) electrons. The molecule has 7 nitrogen and oxygen atoms in total. The number of hydrogen-bond donors (Lipinski definition) is 2. The van der Waals surface area contributed by atoms with E-state index in [0.29, 0.717) is 25.6 Å². The molecule has 2 amide bonds. The Hall–Kier alpha value is -1.16. The number of thiophene rings is 1. The van der Waals surface area contributed by atoms with Gasteiger partial charge in [-0.25, -0.2) is 17.9 Å². The monoisotopic (exact) mass is 440 g/mol. The van der Waals surface area contributed by atoms with Crippen LogP contribution < -0.4 is 10.0 Å². The Morgan fingerprint density at radius 2 is 2.03 bits per heavy atom. The highest BCUT2D eigenvalue weighted by molar-refractivity contribution is 7.88. The van der Waals surface area contributed by atoms with E-state index >= 15 is 0 Å². The predicted octanol–water partition coefficient (Wildman–Crippen LogP) is 2.22. The molecule has 3 aliphatic rings. The van der Waals surface area contributed by atoms with E-state index in [1.807, 2.05) is 4.90 Å². The molecule has 2 atom stereocenters. The van der Waals surface area contributed by atoms with Crippen LogP contribution in [0.5, 0.6) is 0 Å². The summed E-state index contributed by atoms with van der Waals surface area (Å²) in [6, 6.07) is 4.40. The lowest BCUT2D eigenvalue weighted by molar-refractivity contribution is 0.0802. The molecule has 2 saturated heterocycles. The summed E-state index contributed by atoms with van der Waals surface area (Å²) in [4.78, 5) is 18.5. The smallest absolute Gasteiger partial charge is 0.317 e. The first-order chi connectivity index (χ1) is 13.8. The van der Waals surface area contributed by atoms with Crippen molar-refractivity contribution in [2.24, 2.45) is 5.41 Å². The third-order valence-corrected chi connectivity index (χ3v) is 8.26. The molecule has 3 heterocycles. The van der Waals surface area contributed by atoms with Crippen LogP contribution in [0.25, 0.3) is 0 Å². The van der Waals surface area contributed by atoms with Crippen LogP contribution in [-0.4, -0.2) is 68.8 Å². The van der Waals surface area contributed by atoms with Crippen LogP contribution in [0.1, 0.15) is 43.4 Å². The van der Waals surface area contributed by atoms with Crippen molar-refractivity contribution in [1.29, 1.82) is 0 Å². The highest BCUT2D eigenvalue weighted by atomic mass is 32.2. The first kappa shape index (κ1) is 21.1. The van der Waals surface area contributed by atoms with Crippen molar-refractivity contribution in [3.8, 4) is 0 Å². The summed E-state index contributed by atoms with van der Waals surface area (Å²) in [5.74, 6) is 0. The van der Waals surface area contributed by atoms with Gasteiger partial charge in [-0.15, -0.1) is 11.3 Å². The van der Waals surface area contributed by atoms with Gasteiger partial charge in [0.1, 0.15) is 0 Å². The van der Waals surface area contributed by atoms with Crippen molar-refractivity contribution in [3.05, 3.63) is 22.4 Å². The summed E-state index contributed by atoms with van der Waals surface area (Å²) in [5, 5.41) is 5.29. The van der Waals surface area contributed by atoms with Crippen molar-refractivity contribution < 1.29 is 13.2 Å². The number of hydrogen-bond acceptors (Lipinski definition) is 5. The molecule has 2 aliphatic heterocycles. The van der Waals surface area contributed by atoms with E-state index in [-0.39, 0.29) is 17.5 Å². The number of likely N-dealkylation sites (tertiary alicyclic amines) is 2. The van der Waals surface area contributed by atoms with E-state index in [2.05, 4.69) is 32.5 Å². The summed E-state index contributed by atoms with van der Waals surface area (Å²) >= 11 is 1.75. The van der Waals surface area contributed by atoms with Gasteiger partial charge in [-0.2, -0.15) is 0 Å². The maximum atomic E-state index is 12.9. The van der Waals surface area contributed by atoms with E-state index < -0.39 is 10.0 Å². The van der Waals surface area contributed by atoms with E-state index in [9.17, 15) is 13.2 Å². The topological polar surface area (TPSA) is 81.8 Å². The number of amides is 2. The number of nitrogens with zero attached hydrogens (tertiary/aromatic N) is 2. The quantitative estimate of drug-likeness (QED) is 0.736. The number of carbonyl (C=O) groups excluding carboxylic acids is 1. The minimum atomic E-state index is -3.30. The highest BCUT2D eigenvalue weighted by Crippen LogP contribution is 2.40. The minimum Gasteiger partial charge on any atom is -0.335 e. The summed E-state index contributed by atoms with van der Waals surface area (Å²) in [5.41, 5.74) is -0.231. The Balaban J connectivity index is 1.47. The largest absolute Gasteiger partial charge is 0.335 e. The molecule has 2 N–H and O–H groups in total.